The zero-order chi connectivity index (χ0) is 11.0. The van der Waals surface area contributed by atoms with E-state index in [0.717, 1.165) is 10.8 Å². The van der Waals surface area contributed by atoms with E-state index < -0.39 is 0 Å². The van der Waals surface area contributed by atoms with Crippen LogP contribution in [0.1, 0.15) is 39.9 Å². The standard InChI is InChI=1S/C12H17NOS/c1-7-6-11(15-9(7)3)12(14)13-8(2)10-4-5-10/h6,8,10H,4-5H2,1-3H3,(H,13,14). The zero-order valence-electron chi connectivity index (χ0n) is 9.46. The van der Waals surface area contributed by atoms with E-state index in [1.165, 1.54) is 23.3 Å². The van der Waals surface area contributed by atoms with Gasteiger partial charge >= 0.3 is 0 Å². The van der Waals surface area contributed by atoms with Gasteiger partial charge in [0.05, 0.1) is 4.88 Å². The molecule has 1 unspecified atom stereocenters. The molecule has 15 heavy (non-hydrogen) atoms. The number of hydrogen-bond donors (Lipinski definition) is 1. The number of hydrogen-bond acceptors (Lipinski definition) is 2. The van der Waals surface area contributed by atoms with E-state index in [1.54, 1.807) is 11.3 Å². The highest BCUT2D eigenvalue weighted by Gasteiger charge is 2.29. The number of aryl methyl sites for hydroxylation is 2. The molecule has 1 heterocycles. The van der Waals surface area contributed by atoms with Crippen LogP contribution in [0.2, 0.25) is 0 Å². The maximum Gasteiger partial charge on any atom is 0.261 e. The van der Waals surface area contributed by atoms with Crippen LogP contribution < -0.4 is 5.32 Å². The first-order valence-corrected chi connectivity index (χ1v) is 6.27. The average Bonchev–Trinajstić information content (AvgIpc) is 2.95. The second-order valence-electron chi connectivity index (χ2n) is 4.45. The van der Waals surface area contributed by atoms with Gasteiger partial charge < -0.3 is 5.32 Å². The second kappa shape index (κ2) is 3.97. The summed E-state index contributed by atoms with van der Waals surface area (Å²) in [5.41, 5.74) is 1.21. The fourth-order valence-electron chi connectivity index (χ4n) is 1.68. The van der Waals surface area contributed by atoms with Crippen LogP contribution in [0, 0.1) is 19.8 Å². The minimum atomic E-state index is 0.0931. The minimum Gasteiger partial charge on any atom is -0.349 e. The number of rotatable bonds is 3. The third-order valence-electron chi connectivity index (χ3n) is 3.08. The summed E-state index contributed by atoms with van der Waals surface area (Å²) in [6, 6.07) is 2.31. The van der Waals surface area contributed by atoms with E-state index >= 15 is 0 Å². The van der Waals surface area contributed by atoms with E-state index in [1.807, 2.05) is 13.0 Å². The second-order valence-corrected chi connectivity index (χ2v) is 5.71. The summed E-state index contributed by atoms with van der Waals surface area (Å²) in [4.78, 5) is 13.9. The molecule has 0 aliphatic heterocycles. The van der Waals surface area contributed by atoms with Crippen molar-refractivity contribution in [1.82, 2.24) is 5.32 Å². The number of carbonyl (C=O) groups excluding carboxylic acids is 1. The van der Waals surface area contributed by atoms with Crippen molar-refractivity contribution in [2.45, 2.75) is 39.7 Å². The van der Waals surface area contributed by atoms with Crippen molar-refractivity contribution in [2.24, 2.45) is 5.92 Å². The molecule has 0 radical (unpaired) electrons. The predicted octanol–water partition coefficient (Wildman–Crippen LogP) is 2.89. The number of nitrogens with one attached hydrogen (secondary N) is 1. The Hall–Kier alpha value is -0.830. The summed E-state index contributed by atoms with van der Waals surface area (Å²) < 4.78 is 0. The molecule has 0 spiro atoms. The first kappa shape index (κ1) is 10.7. The average molecular weight is 223 g/mol. The minimum absolute atomic E-state index is 0.0931. The Labute approximate surface area is 94.7 Å². The molecule has 1 N–H and O–H groups in total. The van der Waals surface area contributed by atoms with Gasteiger partial charge in [-0.25, -0.2) is 0 Å². The van der Waals surface area contributed by atoms with Gasteiger partial charge in [0.1, 0.15) is 0 Å². The Morgan fingerprint density at radius 1 is 1.53 bits per heavy atom. The van der Waals surface area contributed by atoms with Crippen LogP contribution in [0.4, 0.5) is 0 Å². The van der Waals surface area contributed by atoms with Crippen LogP contribution in [0.5, 0.6) is 0 Å². The van der Waals surface area contributed by atoms with Crippen molar-refractivity contribution in [2.75, 3.05) is 0 Å². The van der Waals surface area contributed by atoms with Crippen LogP contribution in [-0.4, -0.2) is 11.9 Å². The van der Waals surface area contributed by atoms with E-state index in [4.69, 9.17) is 0 Å². The molecule has 1 aromatic heterocycles. The zero-order valence-corrected chi connectivity index (χ0v) is 10.3. The van der Waals surface area contributed by atoms with Crippen molar-refractivity contribution in [3.63, 3.8) is 0 Å². The quantitative estimate of drug-likeness (QED) is 0.838. The molecule has 1 fully saturated rings. The van der Waals surface area contributed by atoms with Gasteiger partial charge in [-0.1, -0.05) is 0 Å². The lowest BCUT2D eigenvalue weighted by Crippen LogP contribution is -2.33. The molecule has 1 amide bonds. The van der Waals surface area contributed by atoms with Crippen LogP contribution in [0.15, 0.2) is 6.07 Å². The molecule has 2 rings (SSSR count). The van der Waals surface area contributed by atoms with E-state index in [-0.39, 0.29) is 5.91 Å². The number of thiophene rings is 1. The Bertz CT molecular complexity index is 359. The maximum atomic E-state index is 11.9. The predicted molar refractivity (Wildman–Crippen MR) is 63.4 cm³/mol. The van der Waals surface area contributed by atoms with Gasteiger partial charge in [-0.15, -0.1) is 11.3 Å². The third kappa shape index (κ3) is 2.40. The SMILES string of the molecule is Cc1cc(C(=O)NC(C)C2CC2)sc1C. The van der Waals surface area contributed by atoms with Gasteiger partial charge in [-0.3, -0.25) is 4.79 Å². The summed E-state index contributed by atoms with van der Waals surface area (Å²) in [5, 5.41) is 3.07. The molecule has 1 aromatic rings. The summed E-state index contributed by atoms with van der Waals surface area (Å²) in [6.07, 6.45) is 2.54. The smallest absolute Gasteiger partial charge is 0.261 e. The van der Waals surface area contributed by atoms with Crippen molar-refractivity contribution >= 4 is 17.2 Å². The largest absolute Gasteiger partial charge is 0.349 e. The molecule has 1 saturated carbocycles. The van der Waals surface area contributed by atoms with Crippen LogP contribution in [0.25, 0.3) is 0 Å². The van der Waals surface area contributed by atoms with E-state index in [2.05, 4.69) is 19.2 Å². The summed E-state index contributed by atoms with van der Waals surface area (Å²) in [7, 11) is 0. The molecule has 1 atom stereocenters. The van der Waals surface area contributed by atoms with E-state index in [0.29, 0.717) is 6.04 Å². The Kier molecular flexibility index (Phi) is 2.83. The number of amides is 1. The van der Waals surface area contributed by atoms with Gasteiger partial charge in [0.25, 0.3) is 5.91 Å². The molecule has 0 saturated heterocycles. The molecule has 0 aromatic carbocycles. The lowest BCUT2D eigenvalue weighted by molar-refractivity contribution is 0.0940. The molecule has 0 bridgehead atoms. The first-order valence-electron chi connectivity index (χ1n) is 5.46. The highest BCUT2D eigenvalue weighted by molar-refractivity contribution is 7.14. The fourth-order valence-corrected chi connectivity index (χ4v) is 2.61. The molecule has 82 valence electrons. The van der Waals surface area contributed by atoms with Crippen molar-refractivity contribution in [3.8, 4) is 0 Å². The molecular weight excluding hydrogens is 206 g/mol. The third-order valence-corrected chi connectivity index (χ3v) is 4.23. The normalized spacial score (nSPS) is 17.5. The maximum absolute atomic E-state index is 11.9. The lowest BCUT2D eigenvalue weighted by Gasteiger charge is -2.11. The van der Waals surface area contributed by atoms with E-state index in [9.17, 15) is 4.79 Å². The highest BCUT2D eigenvalue weighted by Crippen LogP contribution is 2.32. The van der Waals surface area contributed by atoms with Crippen molar-refractivity contribution < 1.29 is 4.79 Å². The molecule has 1 aliphatic carbocycles. The topological polar surface area (TPSA) is 29.1 Å². The van der Waals surface area contributed by atoms with Gasteiger partial charge in [0.2, 0.25) is 0 Å². The fraction of sp³-hybridized carbons (Fsp3) is 0.583. The van der Waals surface area contributed by atoms with Crippen LogP contribution in [-0.2, 0) is 0 Å². The molecule has 2 nitrogen and oxygen atoms in total. The first-order chi connectivity index (χ1) is 7.08. The van der Waals surface area contributed by atoms with Gasteiger partial charge in [-0.2, -0.15) is 0 Å². The van der Waals surface area contributed by atoms with Gasteiger partial charge in [0, 0.05) is 10.9 Å². The van der Waals surface area contributed by atoms with Crippen molar-refractivity contribution in [1.29, 1.82) is 0 Å². The summed E-state index contributed by atoms with van der Waals surface area (Å²) in [6.45, 7) is 6.21. The Morgan fingerprint density at radius 2 is 2.20 bits per heavy atom. The van der Waals surface area contributed by atoms with Crippen LogP contribution >= 0.6 is 11.3 Å². The Balaban J connectivity index is 2.00. The summed E-state index contributed by atoms with van der Waals surface area (Å²) in [5.74, 6) is 0.812. The summed E-state index contributed by atoms with van der Waals surface area (Å²) >= 11 is 1.58. The van der Waals surface area contributed by atoms with Crippen molar-refractivity contribution in [3.05, 3.63) is 21.4 Å². The van der Waals surface area contributed by atoms with Gasteiger partial charge in [-0.05, 0) is 51.2 Å². The van der Waals surface area contributed by atoms with Crippen LogP contribution in [0.3, 0.4) is 0 Å². The molecule has 1 aliphatic rings. The molecular formula is C12H17NOS. The Morgan fingerprint density at radius 3 is 2.67 bits per heavy atom. The molecule has 3 heteroatoms. The monoisotopic (exact) mass is 223 g/mol. The highest BCUT2D eigenvalue weighted by atomic mass is 32.1. The number of carbonyl (C=O) groups is 1. The van der Waals surface area contributed by atoms with Gasteiger partial charge in [0.15, 0.2) is 0 Å². The lowest BCUT2D eigenvalue weighted by atomic mass is 10.2.